The van der Waals surface area contributed by atoms with Crippen LogP contribution in [0.25, 0.3) is 0 Å². The molecule has 0 saturated carbocycles. The van der Waals surface area contributed by atoms with Gasteiger partial charge in [-0.1, -0.05) is 91.0 Å². The summed E-state index contributed by atoms with van der Waals surface area (Å²) in [6.07, 6.45) is 0.732. The third-order valence-electron chi connectivity index (χ3n) is 4.64. The Hall–Kier alpha value is -2.71. The Morgan fingerprint density at radius 2 is 1.08 bits per heavy atom. The van der Waals surface area contributed by atoms with Crippen LogP contribution in [-0.2, 0) is 24.3 Å². The Balaban J connectivity index is 1.86. The van der Waals surface area contributed by atoms with Crippen LogP contribution in [0, 0.1) is 0 Å². The lowest BCUT2D eigenvalue weighted by molar-refractivity contribution is -0.122. The van der Waals surface area contributed by atoms with Crippen LogP contribution in [0.15, 0.2) is 91.0 Å². The minimum atomic E-state index is -0.141. The lowest BCUT2D eigenvalue weighted by Gasteiger charge is -2.30. The summed E-state index contributed by atoms with van der Waals surface area (Å²) in [7, 11) is 0. The van der Waals surface area contributed by atoms with Crippen LogP contribution in [0.5, 0.6) is 0 Å². The molecule has 0 aliphatic rings. The Labute approximate surface area is 156 Å². The standard InChI is InChI=1S/C24H25NO/c1-20(26)24(17-21-11-5-2-6-12-21)25(18-22-13-7-3-8-14-22)19-23-15-9-4-10-16-23/h2-16,24H,17-19H2,1H3/t24-/m0/s1. The molecule has 3 rings (SSSR count). The molecule has 0 bridgehead atoms. The van der Waals surface area contributed by atoms with Crippen molar-refractivity contribution in [2.45, 2.75) is 32.5 Å². The van der Waals surface area contributed by atoms with Crippen molar-refractivity contribution >= 4 is 5.78 Å². The summed E-state index contributed by atoms with van der Waals surface area (Å²) < 4.78 is 0. The number of rotatable bonds is 8. The zero-order valence-corrected chi connectivity index (χ0v) is 15.2. The first-order valence-corrected chi connectivity index (χ1v) is 9.08. The normalized spacial score (nSPS) is 12.1. The predicted octanol–water partition coefficient (Wildman–Crippen LogP) is 4.89. The number of benzene rings is 3. The maximum atomic E-state index is 12.5. The third kappa shape index (κ3) is 5.14. The van der Waals surface area contributed by atoms with Crippen molar-refractivity contribution in [2.75, 3.05) is 0 Å². The molecule has 0 aliphatic heterocycles. The van der Waals surface area contributed by atoms with E-state index in [2.05, 4.69) is 65.6 Å². The number of nitrogens with zero attached hydrogens (tertiary/aromatic N) is 1. The Morgan fingerprint density at radius 3 is 1.46 bits per heavy atom. The number of Topliss-reactive ketones (excluding diaryl/α,β-unsaturated/α-hetero) is 1. The van der Waals surface area contributed by atoms with E-state index in [4.69, 9.17) is 0 Å². The summed E-state index contributed by atoms with van der Waals surface area (Å²) >= 11 is 0. The Kier molecular flexibility index (Phi) is 6.34. The Bertz CT molecular complexity index is 758. The molecule has 0 heterocycles. The van der Waals surface area contributed by atoms with E-state index in [-0.39, 0.29) is 11.8 Å². The predicted molar refractivity (Wildman–Crippen MR) is 107 cm³/mol. The van der Waals surface area contributed by atoms with Gasteiger partial charge in [-0.05, 0) is 30.0 Å². The van der Waals surface area contributed by atoms with Gasteiger partial charge in [0.15, 0.2) is 0 Å². The van der Waals surface area contributed by atoms with Gasteiger partial charge in [-0.15, -0.1) is 0 Å². The maximum absolute atomic E-state index is 12.5. The smallest absolute Gasteiger partial charge is 0.147 e. The summed E-state index contributed by atoms with van der Waals surface area (Å²) in [5.41, 5.74) is 3.64. The van der Waals surface area contributed by atoms with E-state index in [1.165, 1.54) is 16.7 Å². The molecule has 3 aromatic rings. The third-order valence-corrected chi connectivity index (χ3v) is 4.64. The highest BCUT2D eigenvalue weighted by molar-refractivity contribution is 5.81. The molecule has 0 radical (unpaired) electrons. The molecule has 0 aromatic heterocycles. The number of ketones is 1. The van der Waals surface area contributed by atoms with E-state index >= 15 is 0 Å². The van der Waals surface area contributed by atoms with Gasteiger partial charge in [0, 0.05) is 13.1 Å². The molecule has 26 heavy (non-hydrogen) atoms. The van der Waals surface area contributed by atoms with Gasteiger partial charge < -0.3 is 0 Å². The van der Waals surface area contributed by atoms with Crippen molar-refractivity contribution in [2.24, 2.45) is 0 Å². The van der Waals surface area contributed by atoms with Gasteiger partial charge in [0.25, 0.3) is 0 Å². The van der Waals surface area contributed by atoms with Crippen LogP contribution in [0.1, 0.15) is 23.6 Å². The molecule has 1 atom stereocenters. The molecule has 2 nitrogen and oxygen atoms in total. The fraction of sp³-hybridized carbons (Fsp3) is 0.208. The van der Waals surface area contributed by atoms with Gasteiger partial charge in [0.1, 0.15) is 5.78 Å². The van der Waals surface area contributed by atoms with Crippen molar-refractivity contribution in [3.05, 3.63) is 108 Å². The zero-order chi connectivity index (χ0) is 18.2. The topological polar surface area (TPSA) is 20.3 Å². The molecule has 0 amide bonds. The summed E-state index contributed by atoms with van der Waals surface area (Å²) in [5, 5.41) is 0. The fourth-order valence-corrected chi connectivity index (χ4v) is 3.28. The number of hydrogen-bond acceptors (Lipinski definition) is 2. The molecule has 132 valence electrons. The summed E-state index contributed by atoms with van der Waals surface area (Å²) in [6.45, 7) is 3.22. The molecule has 0 fully saturated rings. The maximum Gasteiger partial charge on any atom is 0.147 e. The van der Waals surface area contributed by atoms with Crippen molar-refractivity contribution in [3.8, 4) is 0 Å². The van der Waals surface area contributed by atoms with E-state index in [0.29, 0.717) is 0 Å². The summed E-state index contributed by atoms with van der Waals surface area (Å²) in [5.74, 6) is 0.209. The number of carbonyl (C=O) groups excluding carboxylic acids is 1. The zero-order valence-electron chi connectivity index (χ0n) is 15.2. The van der Waals surface area contributed by atoms with Crippen LogP contribution >= 0.6 is 0 Å². The second-order valence-corrected chi connectivity index (χ2v) is 6.69. The fourth-order valence-electron chi connectivity index (χ4n) is 3.28. The lowest BCUT2D eigenvalue weighted by atomic mass is 10.00. The highest BCUT2D eigenvalue weighted by Gasteiger charge is 2.23. The van der Waals surface area contributed by atoms with Gasteiger partial charge in [-0.3, -0.25) is 9.69 Å². The highest BCUT2D eigenvalue weighted by Crippen LogP contribution is 2.17. The van der Waals surface area contributed by atoms with E-state index in [1.54, 1.807) is 6.92 Å². The van der Waals surface area contributed by atoms with E-state index in [1.807, 2.05) is 30.3 Å². The SMILES string of the molecule is CC(=O)[C@H](Cc1ccccc1)N(Cc1ccccc1)Cc1ccccc1. The molecule has 2 heteroatoms. The van der Waals surface area contributed by atoms with Gasteiger partial charge in [-0.25, -0.2) is 0 Å². The minimum absolute atomic E-state index is 0.141. The first-order valence-electron chi connectivity index (χ1n) is 9.08. The van der Waals surface area contributed by atoms with Gasteiger partial charge in [-0.2, -0.15) is 0 Å². The number of hydrogen-bond donors (Lipinski definition) is 0. The van der Waals surface area contributed by atoms with Crippen LogP contribution in [0.2, 0.25) is 0 Å². The van der Waals surface area contributed by atoms with Gasteiger partial charge >= 0.3 is 0 Å². The highest BCUT2D eigenvalue weighted by atomic mass is 16.1. The van der Waals surface area contributed by atoms with Crippen LogP contribution < -0.4 is 0 Å². The van der Waals surface area contributed by atoms with E-state index < -0.39 is 0 Å². The first kappa shape index (κ1) is 18.1. The largest absolute Gasteiger partial charge is 0.298 e. The Morgan fingerprint density at radius 1 is 0.692 bits per heavy atom. The quantitative estimate of drug-likeness (QED) is 0.580. The van der Waals surface area contributed by atoms with Crippen molar-refractivity contribution in [1.29, 1.82) is 0 Å². The molecule has 3 aromatic carbocycles. The van der Waals surface area contributed by atoms with Crippen LogP contribution in [-0.4, -0.2) is 16.7 Å². The average Bonchev–Trinajstić information content (AvgIpc) is 2.68. The van der Waals surface area contributed by atoms with Crippen molar-refractivity contribution < 1.29 is 4.79 Å². The monoisotopic (exact) mass is 343 g/mol. The summed E-state index contributed by atoms with van der Waals surface area (Å²) in [6, 6.07) is 30.9. The molecule has 0 spiro atoms. The first-order chi connectivity index (χ1) is 12.7. The molecule has 0 saturated heterocycles. The van der Waals surface area contributed by atoms with E-state index in [9.17, 15) is 4.79 Å². The molecule has 0 N–H and O–H groups in total. The van der Waals surface area contributed by atoms with Crippen molar-refractivity contribution in [3.63, 3.8) is 0 Å². The second-order valence-electron chi connectivity index (χ2n) is 6.69. The average molecular weight is 343 g/mol. The van der Waals surface area contributed by atoms with Gasteiger partial charge in [0.2, 0.25) is 0 Å². The van der Waals surface area contributed by atoms with Crippen molar-refractivity contribution in [1.82, 2.24) is 4.90 Å². The molecule has 0 aliphatic carbocycles. The minimum Gasteiger partial charge on any atom is -0.298 e. The van der Waals surface area contributed by atoms with Gasteiger partial charge in [0.05, 0.1) is 6.04 Å². The van der Waals surface area contributed by atoms with E-state index in [0.717, 1.165) is 19.5 Å². The van der Waals surface area contributed by atoms with Crippen LogP contribution in [0.4, 0.5) is 0 Å². The van der Waals surface area contributed by atoms with Crippen LogP contribution in [0.3, 0.4) is 0 Å². The lowest BCUT2D eigenvalue weighted by Crippen LogP contribution is -2.41. The summed E-state index contributed by atoms with van der Waals surface area (Å²) in [4.78, 5) is 14.8. The second kappa shape index (κ2) is 9.12. The number of carbonyl (C=O) groups is 1. The molecular weight excluding hydrogens is 318 g/mol. The molecule has 0 unspecified atom stereocenters. The molecular formula is C24H25NO.